The molecule has 0 aromatic heterocycles. The highest BCUT2D eigenvalue weighted by molar-refractivity contribution is 8.16. The number of hydrazone groups is 1. The number of fused-ring (bicyclic) bond motifs is 2. The lowest BCUT2D eigenvalue weighted by Crippen LogP contribution is -2.33. The fourth-order valence-electron chi connectivity index (χ4n) is 4.29. The van der Waals surface area contributed by atoms with Crippen LogP contribution in [0.5, 0.6) is 0 Å². The van der Waals surface area contributed by atoms with Crippen molar-refractivity contribution in [2.24, 2.45) is 26.8 Å². The van der Waals surface area contributed by atoms with Crippen molar-refractivity contribution in [2.75, 3.05) is 0 Å². The van der Waals surface area contributed by atoms with Gasteiger partial charge in [-0.2, -0.15) is 0 Å². The van der Waals surface area contributed by atoms with E-state index < -0.39 is 0 Å². The monoisotopic (exact) mass is 325 g/mol. The summed E-state index contributed by atoms with van der Waals surface area (Å²) in [6.45, 7) is 7.22. The van der Waals surface area contributed by atoms with Gasteiger partial charge in [0.2, 0.25) is 5.17 Å². The van der Waals surface area contributed by atoms with E-state index in [-0.39, 0.29) is 5.41 Å². The van der Waals surface area contributed by atoms with Crippen molar-refractivity contribution in [3.8, 4) is 0 Å². The van der Waals surface area contributed by atoms with Crippen molar-refractivity contribution in [1.82, 2.24) is 5.43 Å². The van der Waals surface area contributed by atoms with Gasteiger partial charge in [-0.05, 0) is 30.6 Å². The number of hydrogen-bond acceptors (Lipinski definition) is 4. The number of hydrogen-bond donors (Lipinski definition) is 1. The molecule has 1 aromatic rings. The van der Waals surface area contributed by atoms with Crippen LogP contribution in [0.25, 0.3) is 5.70 Å². The maximum atomic E-state index is 4.94. The van der Waals surface area contributed by atoms with Gasteiger partial charge in [-0.25, -0.2) is 4.99 Å². The minimum atomic E-state index is 0.240. The summed E-state index contributed by atoms with van der Waals surface area (Å²) < 4.78 is 0. The first-order chi connectivity index (χ1) is 11.0. The van der Waals surface area contributed by atoms with Crippen LogP contribution in [-0.2, 0) is 0 Å². The number of amidine groups is 1. The molecule has 23 heavy (non-hydrogen) atoms. The van der Waals surface area contributed by atoms with Crippen LogP contribution < -0.4 is 5.43 Å². The summed E-state index contributed by atoms with van der Waals surface area (Å²) in [5.74, 6) is 0.781. The van der Waals surface area contributed by atoms with Gasteiger partial charge in [-0.1, -0.05) is 62.9 Å². The van der Waals surface area contributed by atoms with E-state index >= 15 is 0 Å². The molecule has 0 radical (unpaired) electrons. The van der Waals surface area contributed by atoms with Gasteiger partial charge in [0.05, 0.1) is 5.70 Å². The summed E-state index contributed by atoms with van der Waals surface area (Å²) in [5.41, 5.74) is 7.31. The Labute approximate surface area is 142 Å². The van der Waals surface area contributed by atoms with Crippen LogP contribution in [0.3, 0.4) is 0 Å². The smallest absolute Gasteiger partial charge is 0.210 e. The van der Waals surface area contributed by atoms with E-state index in [4.69, 9.17) is 4.99 Å². The first-order valence-corrected chi connectivity index (χ1v) is 9.23. The molecule has 1 aromatic carbocycles. The Bertz CT molecular complexity index is 717. The number of thioether (sulfide) groups is 1. The van der Waals surface area contributed by atoms with E-state index in [9.17, 15) is 0 Å². The molecule has 2 saturated carbocycles. The summed E-state index contributed by atoms with van der Waals surface area (Å²) in [7, 11) is 0. The summed E-state index contributed by atoms with van der Waals surface area (Å²) in [6, 6.07) is 10.3. The molecule has 4 heteroatoms. The van der Waals surface area contributed by atoms with Crippen LogP contribution >= 0.6 is 11.8 Å². The first kappa shape index (κ1) is 15.0. The summed E-state index contributed by atoms with van der Waals surface area (Å²) in [5, 5.41) is 7.44. The summed E-state index contributed by atoms with van der Waals surface area (Å²) in [6.07, 6.45) is 3.75. The second kappa shape index (κ2) is 5.23. The molecule has 120 valence electrons. The quantitative estimate of drug-likeness (QED) is 0.799. The second-order valence-electron chi connectivity index (χ2n) is 7.57. The minimum absolute atomic E-state index is 0.240. The summed E-state index contributed by atoms with van der Waals surface area (Å²) in [4.78, 5) is 4.94. The Morgan fingerprint density at radius 2 is 2.00 bits per heavy atom. The van der Waals surface area contributed by atoms with Crippen molar-refractivity contribution >= 4 is 28.3 Å². The Balaban J connectivity index is 1.53. The molecule has 0 spiro atoms. The third-order valence-corrected chi connectivity index (χ3v) is 7.13. The molecule has 1 aliphatic heterocycles. The lowest BCUT2D eigenvalue weighted by Gasteiger charge is -2.34. The number of nitrogens with one attached hydrogen (secondary N) is 1. The van der Waals surface area contributed by atoms with Crippen molar-refractivity contribution in [3.05, 3.63) is 41.3 Å². The lowest BCUT2D eigenvalue weighted by atomic mass is 9.70. The van der Waals surface area contributed by atoms with E-state index in [0.717, 1.165) is 28.8 Å². The molecule has 1 heterocycles. The first-order valence-electron chi connectivity index (χ1n) is 8.35. The standard InChI is InChI=1S/C19H23N3S/c1-18(2)14-9-10-19(18,3)16(11-14)20-17-22-21-15(12-23-17)13-7-5-4-6-8-13/h4-8,12,14,21H,9-11H2,1-3H3. The van der Waals surface area contributed by atoms with Gasteiger partial charge in [-0.15, -0.1) is 5.10 Å². The maximum absolute atomic E-state index is 4.94. The van der Waals surface area contributed by atoms with Gasteiger partial charge in [0.1, 0.15) is 0 Å². The largest absolute Gasteiger partial charge is 0.275 e. The van der Waals surface area contributed by atoms with Crippen molar-refractivity contribution in [1.29, 1.82) is 0 Å². The van der Waals surface area contributed by atoms with Crippen LogP contribution in [-0.4, -0.2) is 10.9 Å². The van der Waals surface area contributed by atoms with Crippen LogP contribution in [0.4, 0.5) is 0 Å². The van der Waals surface area contributed by atoms with E-state index in [1.807, 2.05) is 18.2 Å². The topological polar surface area (TPSA) is 36.8 Å². The average molecular weight is 325 g/mol. The number of nitrogens with zero attached hydrogens (tertiary/aromatic N) is 2. The Morgan fingerprint density at radius 3 is 2.57 bits per heavy atom. The molecule has 3 nitrogen and oxygen atoms in total. The summed E-state index contributed by atoms with van der Waals surface area (Å²) >= 11 is 1.62. The predicted molar refractivity (Wildman–Crippen MR) is 99.2 cm³/mol. The molecular weight excluding hydrogens is 302 g/mol. The molecule has 0 saturated heterocycles. The highest BCUT2D eigenvalue weighted by Crippen LogP contribution is 2.64. The number of aliphatic imine (C=N–C) groups is 1. The van der Waals surface area contributed by atoms with E-state index in [0.29, 0.717) is 5.41 Å². The Hall–Kier alpha value is -1.55. The zero-order chi connectivity index (χ0) is 16.1. The van der Waals surface area contributed by atoms with E-state index in [2.05, 4.69) is 48.8 Å². The third-order valence-electron chi connectivity index (χ3n) is 6.38. The van der Waals surface area contributed by atoms with Gasteiger partial charge in [0.25, 0.3) is 0 Å². The van der Waals surface area contributed by atoms with Crippen LogP contribution in [0, 0.1) is 16.7 Å². The Kier molecular flexibility index (Phi) is 3.41. The van der Waals surface area contributed by atoms with Crippen LogP contribution in [0.1, 0.15) is 45.6 Å². The fraction of sp³-hybridized carbons (Fsp3) is 0.474. The molecular formula is C19H23N3S. The van der Waals surface area contributed by atoms with Gasteiger partial charge in [0, 0.05) is 22.1 Å². The third kappa shape index (κ3) is 2.26. The van der Waals surface area contributed by atoms with Crippen LogP contribution in [0.15, 0.2) is 45.8 Å². The normalized spacial score (nSPS) is 33.3. The Morgan fingerprint density at radius 1 is 1.22 bits per heavy atom. The highest BCUT2D eigenvalue weighted by atomic mass is 32.2. The van der Waals surface area contributed by atoms with Gasteiger partial charge in [0.15, 0.2) is 0 Å². The van der Waals surface area contributed by atoms with Crippen molar-refractivity contribution in [3.63, 3.8) is 0 Å². The zero-order valence-corrected chi connectivity index (χ0v) is 14.8. The van der Waals surface area contributed by atoms with Crippen molar-refractivity contribution in [2.45, 2.75) is 40.0 Å². The molecule has 1 N–H and O–H groups in total. The molecule has 2 atom stereocenters. The number of rotatable bonds is 1. The average Bonchev–Trinajstić information content (AvgIpc) is 2.90. The molecule has 2 fully saturated rings. The molecule has 2 bridgehead atoms. The molecule has 3 aliphatic rings. The van der Waals surface area contributed by atoms with Gasteiger partial charge >= 0.3 is 0 Å². The zero-order valence-electron chi connectivity index (χ0n) is 14.0. The molecule has 2 aliphatic carbocycles. The molecule has 4 rings (SSSR count). The van der Waals surface area contributed by atoms with Gasteiger partial charge in [-0.3, -0.25) is 5.43 Å². The van der Waals surface area contributed by atoms with E-state index in [1.165, 1.54) is 18.6 Å². The molecule has 2 unspecified atom stereocenters. The fourth-order valence-corrected chi connectivity index (χ4v) is 4.96. The lowest BCUT2D eigenvalue weighted by molar-refractivity contribution is 0.194. The predicted octanol–water partition coefficient (Wildman–Crippen LogP) is 4.88. The van der Waals surface area contributed by atoms with Crippen molar-refractivity contribution < 1.29 is 0 Å². The second-order valence-corrected chi connectivity index (χ2v) is 8.41. The minimum Gasteiger partial charge on any atom is -0.275 e. The maximum Gasteiger partial charge on any atom is 0.210 e. The van der Waals surface area contributed by atoms with Crippen LogP contribution in [0.2, 0.25) is 0 Å². The van der Waals surface area contributed by atoms with Gasteiger partial charge < -0.3 is 0 Å². The van der Waals surface area contributed by atoms with E-state index in [1.54, 1.807) is 11.8 Å². The molecule has 0 amide bonds. The number of benzene rings is 1. The highest BCUT2D eigenvalue weighted by Gasteiger charge is 2.59. The SMILES string of the molecule is CC12CCC(CC1=NC1=NNC(c3ccccc3)=CS1)C2(C)C.